The molecule has 21 heavy (non-hydrogen) atoms. The Labute approximate surface area is 120 Å². The van der Waals surface area contributed by atoms with E-state index in [1.807, 2.05) is 0 Å². The van der Waals surface area contributed by atoms with Crippen molar-refractivity contribution < 1.29 is 13.2 Å². The molecular weight excluding hydrogens is 277 g/mol. The van der Waals surface area contributed by atoms with E-state index in [1.165, 1.54) is 6.07 Å². The van der Waals surface area contributed by atoms with Crippen LogP contribution in [0.3, 0.4) is 0 Å². The molecule has 0 radical (unpaired) electrons. The van der Waals surface area contributed by atoms with E-state index < -0.39 is 17.7 Å². The first-order valence-corrected chi connectivity index (χ1v) is 6.38. The van der Waals surface area contributed by atoms with Crippen LogP contribution in [0.1, 0.15) is 29.7 Å². The van der Waals surface area contributed by atoms with Gasteiger partial charge in [0.2, 0.25) is 0 Å². The van der Waals surface area contributed by atoms with Crippen LogP contribution in [0.15, 0.2) is 36.4 Å². The van der Waals surface area contributed by atoms with Gasteiger partial charge in [-0.2, -0.15) is 5.26 Å². The van der Waals surface area contributed by atoms with Gasteiger partial charge in [-0.1, -0.05) is 18.2 Å². The highest BCUT2D eigenvalue weighted by atomic mass is 19.1. The van der Waals surface area contributed by atoms with Crippen molar-refractivity contribution in [3.05, 3.63) is 70.5 Å². The number of halogens is 3. The minimum atomic E-state index is -0.792. The van der Waals surface area contributed by atoms with E-state index in [9.17, 15) is 13.2 Å². The lowest BCUT2D eigenvalue weighted by atomic mass is 10.1. The second kappa shape index (κ2) is 6.42. The van der Waals surface area contributed by atoms with Crippen molar-refractivity contribution in [2.75, 3.05) is 0 Å². The van der Waals surface area contributed by atoms with E-state index in [1.54, 1.807) is 31.2 Å². The fraction of sp³-hybridized carbons (Fsp3) is 0.188. The minimum absolute atomic E-state index is 0.0732. The molecular formula is C16H13F3N2. The molecule has 0 aliphatic heterocycles. The van der Waals surface area contributed by atoms with Crippen molar-refractivity contribution in [1.82, 2.24) is 5.32 Å². The Bertz CT molecular complexity index is 669. The van der Waals surface area contributed by atoms with Gasteiger partial charge in [0.05, 0.1) is 11.6 Å². The van der Waals surface area contributed by atoms with Gasteiger partial charge < -0.3 is 5.32 Å². The minimum Gasteiger partial charge on any atom is -0.306 e. The maximum absolute atomic E-state index is 13.7. The molecule has 0 aromatic heterocycles. The second-order valence-corrected chi connectivity index (χ2v) is 4.65. The summed E-state index contributed by atoms with van der Waals surface area (Å²) in [6.45, 7) is 1.61. The Morgan fingerprint density at radius 2 is 1.71 bits per heavy atom. The van der Waals surface area contributed by atoms with Gasteiger partial charge in [-0.05, 0) is 25.1 Å². The molecule has 0 aliphatic carbocycles. The first kappa shape index (κ1) is 15.1. The van der Waals surface area contributed by atoms with E-state index in [4.69, 9.17) is 5.26 Å². The molecule has 0 fully saturated rings. The Morgan fingerprint density at radius 3 is 2.29 bits per heavy atom. The van der Waals surface area contributed by atoms with Crippen LogP contribution < -0.4 is 5.32 Å². The predicted octanol–water partition coefficient (Wildman–Crippen LogP) is 3.83. The molecule has 2 rings (SSSR count). The summed E-state index contributed by atoms with van der Waals surface area (Å²) < 4.78 is 41.0. The molecule has 0 aliphatic rings. The van der Waals surface area contributed by atoms with Gasteiger partial charge in [0, 0.05) is 23.7 Å². The molecule has 2 nitrogen and oxygen atoms in total. The SMILES string of the molecule is CC(NCc1c(F)cc(C#N)cc1F)c1ccccc1F. The molecule has 0 saturated carbocycles. The lowest BCUT2D eigenvalue weighted by Crippen LogP contribution is -2.20. The van der Waals surface area contributed by atoms with E-state index in [-0.39, 0.29) is 23.5 Å². The van der Waals surface area contributed by atoms with E-state index >= 15 is 0 Å². The van der Waals surface area contributed by atoms with Crippen molar-refractivity contribution in [3.8, 4) is 6.07 Å². The first-order chi connectivity index (χ1) is 10.0. The number of nitriles is 1. The van der Waals surface area contributed by atoms with Crippen LogP contribution in [0.2, 0.25) is 0 Å². The van der Waals surface area contributed by atoms with Crippen molar-refractivity contribution in [2.45, 2.75) is 19.5 Å². The normalized spacial score (nSPS) is 12.0. The van der Waals surface area contributed by atoms with Crippen molar-refractivity contribution in [1.29, 1.82) is 5.26 Å². The smallest absolute Gasteiger partial charge is 0.131 e. The van der Waals surface area contributed by atoms with Gasteiger partial charge in [0.1, 0.15) is 17.5 Å². The monoisotopic (exact) mass is 290 g/mol. The van der Waals surface area contributed by atoms with Gasteiger partial charge in [0.25, 0.3) is 0 Å². The summed E-state index contributed by atoms with van der Waals surface area (Å²) in [5.74, 6) is -1.96. The lowest BCUT2D eigenvalue weighted by molar-refractivity contribution is 0.494. The summed E-state index contributed by atoms with van der Waals surface area (Å²) >= 11 is 0. The number of hydrogen-bond acceptors (Lipinski definition) is 2. The maximum Gasteiger partial charge on any atom is 0.131 e. The molecule has 0 amide bonds. The summed E-state index contributed by atoms with van der Waals surface area (Å²) in [5, 5.41) is 11.5. The largest absolute Gasteiger partial charge is 0.306 e. The second-order valence-electron chi connectivity index (χ2n) is 4.65. The van der Waals surface area contributed by atoms with Gasteiger partial charge in [-0.15, -0.1) is 0 Å². The Kier molecular flexibility index (Phi) is 4.61. The topological polar surface area (TPSA) is 35.8 Å². The standard InChI is InChI=1S/C16H13F3N2/c1-10(12-4-2-3-5-14(12)17)21-9-13-15(18)6-11(8-20)7-16(13)19/h2-7,10,21H,9H2,1H3. The molecule has 2 aromatic rings. The Balaban J connectivity index is 2.14. The molecule has 0 saturated heterocycles. The number of nitrogens with one attached hydrogen (secondary N) is 1. The maximum atomic E-state index is 13.7. The zero-order valence-electron chi connectivity index (χ0n) is 11.3. The molecule has 1 unspecified atom stereocenters. The van der Waals surface area contributed by atoms with Crippen LogP contribution in [0.25, 0.3) is 0 Å². The Morgan fingerprint density at radius 1 is 1.10 bits per heavy atom. The average Bonchev–Trinajstić information content (AvgIpc) is 2.46. The van der Waals surface area contributed by atoms with Crippen LogP contribution in [0.5, 0.6) is 0 Å². The molecule has 2 aromatic carbocycles. The van der Waals surface area contributed by atoms with Crippen LogP contribution in [0, 0.1) is 28.8 Å². The summed E-state index contributed by atoms with van der Waals surface area (Å²) in [7, 11) is 0. The third-order valence-corrected chi connectivity index (χ3v) is 3.23. The Hall–Kier alpha value is -2.32. The zero-order valence-corrected chi connectivity index (χ0v) is 11.3. The van der Waals surface area contributed by atoms with Crippen LogP contribution >= 0.6 is 0 Å². The first-order valence-electron chi connectivity index (χ1n) is 6.38. The fourth-order valence-electron chi connectivity index (χ4n) is 2.03. The number of rotatable bonds is 4. The predicted molar refractivity (Wildman–Crippen MR) is 72.7 cm³/mol. The highest BCUT2D eigenvalue weighted by molar-refractivity contribution is 5.34. The van der Waals surface area contributed by atoms with Gasteiger partial charge >= 0.3 is 0 Å². The summed E-state index contributed by atoms with van der Waals surface area (Å²) in [6, 6.07) is 9.45. The number of hydrogen-bond donors (Lipinski definition) is 1. The van der Waals surface area contributed by atoms with Gasteiger partial charge in [-0.3, -0.25) is 0 Å². The summed E-state index contributed by atoms with van der Waals surface area (Å²) in [5.41, 5.74) is 0.181. The molecule has 0 heterocycles. The highest BCUT2D eigenvalue weighted by Gasteiger charge is 2.14. The van der Waals surface area contributed by atoms with Crippen LogP contribution in [0.4, 0.5) is 13.2 Å². The van der Waals surface area contributed by atoms with E-state index in [2.05, 4.69) is 5.32 Å². The molecule has 0 spiro atoms. The quantitative estimate of drug-likeness (QED) is 0.929. The van der Waals surface area contributed by atoms with Crippen molar-refractivity contribution >= 4 is 0 Å². The summed E-state index contributed by atoms with van der Waals surface area (Å²) in [6.07, 6.45) is 0. The van der Waals surface area contributed by atoms with Crippen LogP contribution in [-0.2, 0) is 6.54 Å². The van der Waals surface area contributed by atoms with E-state index in [0.717, 1.165) is 12.1 Å². The van der Waals surface area contributed by atoms with Gasteiger partial charge in [0.15, 0.2) is 0 Å². The molecule has 5 heteroatoms. The van der Waals surface area contributed by atoms with Crippen LogP contribution in [-0.4, -0.2) is 0 Å². The molecule has 0 bridgehead atoms. The van der Waals surface area contributed by atoms with Crippen molar-refractivity contribution in [2.24, 2.45) is 0 Å². The third-order valence-electron chi connectivity index (χ3n) is 3.23. The molecule has 108 valence electrons. The van der Waals surface area contributed by atoms with Crippen molar-refractivity contribution in [3.63, 3.8) is 0 Å². The fourth-order valence-corrected chi connectivity index (χ4v) is 2.03. The molecule has 1 atom stereocenters. The number of benzene rings is 2. The summed E-state index contributed by atoms with van der Waals surface area (Å²) in [4.78, 5) is 0. The van der Waals surface area contributed by atoms with E-state index in [0.29, 0.717) is 5.56 Å². The molecule has 1 N–H and O–H groups in total. The zero-order chi connectivity index (χ0) is 15.4. The lowest BCUT2D eigenvalue weighted by Gasteiger charge is -2.15. The average molecular weight is 290 g/mol. The third kappa shape index (κ3) is 3.41. The number of nitrogens with zero attached hydrogens (tertiary/aromatic N) is 1. The highest BCUT2D eigenvalue weighted by Crippen LogP contribution is 2.19. The van der Waals surface area contributed by atoms with Gasteiger partial charge in [-0.25, -0.2) is 13.2 Å².